The Morgan fingerprint density at radius 1 is 1.06 bits per heavy atom. The molecule has 0 spiro atoms. The van der Waals surface area contributed by atoms with Gasteiger partial charge in [-0.25, -0.2) is 13.2 Å². The summed E-state index contributed by atoms with van der Waals surface area (Å²) in [6.45, 7) is 8.67. The van der Waals surface area contributed by atoms with Crippen molar-refractivity contribution in [2.45, 2.75) is 44.4 Å². The molecule has 178 valence electrons. The Hall–Kier alpha value is -2.58. The molecule has 2 aromatic carbocycles. The van der Waals surface area contributed by atoms with Crippen LogP contribution < -0.4 is 9.62 Å². The summed E-state index contributed by atoms with van der Waals surface area (Å²) in [5, 5.41) is 9.89. The van der Waals surface area contributed by atoms with Crippen molar-refractivity contribution in [1.82, 2.24) is 4.90 Å². The lowest BCUT2D eigenvalue weighted by Gasteiger charge is -2.36. The Morgan fingerprint density at radius 3 is 2.52 bits per heavy atom. The Balaban J connectivity index is 1.54. The number of rotatable bonds is 7. The molecular weight excluding hydrogens is 438 g/mol. The number of anilines is 2. The first-order chi connectivity index (χ1) is 15.7. The first kappa shape index (κ1) is 23.6. The number of hydrogen-bond donors (Lipinski definition) is 2. The van der Waals surface area contributed by atoms with E-state index in [4.69, 9.17) is 0 Å². The van der Waals surface area contributed by atoms with Gasteiger partial charge in [-0.2, -0.15) is 0 Å². The molecule has 1 atom stereocenters. The van der Waals surface area contributed by atoms with Crippen molar-refractivity contribution >= 4 is 27.4 Å². The minimum atomic E-state index is -3.83. The topological polar surface area (TPSA) is 90.0 Å². The van der Waals surface area contributed by atoms with Crippen LogP contribution >= 0.6 is 0 Å². The standard InChI is InChI=1S/C25H33N3O4S/c1-18-7-10-24(19(2)14-18)33(31,32)26-21-8-9-23(22(15-21)25(29)30)28-13-5-6-20(17-28)16-27-11-3-4-12-27/h7-10,14-15,20,26H,3-6,11-13,16-17H2,1-2H3,(H,29,30)/t20-/m1/s1. The third-order valence-electron chi connectivity index (χ3n) is 6.67. The van der Waals surface area contributed by atoms with Gasteiger partial charge in [-0.15, -0.1) is 0 Å². The molecule has 0 aromatic heterocycles. The van der Waals surface area contributed by atoms with E-state index in [0.717, 1.165) is 51.1 Å². The Bertz CT molecular complexity index is 1130. The number of sulfonamides is 1. The first-order valence-corrected chi connectivity index (χ1v) is 13.2. The van der Waals surface area contributed by atoms with Gasteiger partial charge >= 0.3 is 5.97 Å². The van der Waals surface area contributed by atoms with Crippen LogP contribution in [0.4, 0.5) is 11.4 Å². The fraction of sp³-hybridized carbons (Fsp3) is 0.480. The maximum Gasteiger partial charge on any atom is 0.337 e. The van der Waals surface area contributed by atoms with Gasteiger partial charge in [0.15, 0.2) is 0 Å². The molecule has 0 aliphatic carbocycles. The van der Waals surface area contributed by atoms with Crippen LogP contribution in [0.2, 0.25) is 0 Å². The number of aryl methyl sites for hydroxylation is 2. The van der Waals surface area contributed by atoms with Gasteiger partial charge in [0.25, 0.3) is 10.0 Å². The van der Waals surface area contributed by atoms with Crippen LogP contribution in [0.5, 0.6) is 0 Å². The number of nitrogens with zero attached hydrogens (tertiary/aromatic N) is 2. The maximum atomic E-state index is 12.9. The SMILES string of the molecule is Cc1ccc(S(=O)(=O)Nc2ccc(N3CCC[C@H](CN4CCCC4)C3)c(C(=O)O)c2)c(C)c1. The molecule has 2 heterocycles. The van der Waals surface area contributed by atoms with Crippen LogP contribution in [0.15, 0.2) is 41.3 Å². The van der Waals surface area contributed by atoms with Crippen LogP contribution in [-0.4, -0.2) is 57.1 Å². The van der Waals surface area contributed by atoms with Crippen molar-refractivity contribution in [1.29, 1.82) is 0 Å². The van der Waals surface area contributed by atoms with E-state index >= 15 is 0 Å². The zero-order valence-electron chi connectivity index (χ0n) is 19.4. The van der Waals surface area contributed by atoms with Gasteiger partial charge in [0.1, 0.15) is 0 Å². The molecule has 0 radical (unpaired) electrons. The fourth-order valence-corrected chi connectivity index (χ4v) is 6.40. The summed E-state index contributed by atoms with van der Waals surface area (Å²) in [6.07, 6.45) is 4.71. The van der Waals surface area contributed by atoms with Crippen molar-refractivity contribution in [3.63, 3.8) is 0 Å². The minimum Gasteiger partial charge on any atom is -0.478 e. The van der Waals surface area contributed by atoms with Gasteiger partial charge < -0.3 is 14.9 Å². The highest BCUT2D eigenvalue weighted by Gasteiger charge is 2.27. The number of carboxylic acids is 1. The number of likely N-dealkylation sites (tertiary alicyclic amines) is 1. The molecule has 2 N–H and O–H groups in total. The summed E-state index contributed by atoms with van der Waals surface area (Å²) in [5.74, 6) is -0.541. The van der Waals surface area contributed by atoms with Crippen molar-refractivity contribution in [3.05, 3.63) is 53.1 Å². The Labute approximate surface area is 196 Å². The van der Waals surface area contributed by atoms with Crippen LogP contribution in [-0.2, 0) is 10.0 Å². The lowest BCUT2D eigenvalue weighted by Crippen LogP contribution is -2.41. The average Bonchev–Trinajstić information content (AvgIpc) is 3.26. The number of hydrogen-bond acceptors (Lipinski definition) is 5. The summed E-state index contributed by atoms with van der Waals surface area (Å²) >= 11 is 0. The summed E-state index contributed by atoms with van der Waals surface area (Å²) in [4.78, 5) is 16.9. The summed E-state index contributed by atoms with van der Waals surface area (Å²) < 4.78 is 28.4. The monoisotopic (exact) mass is 471 g/mol. The molecule has 33 heavy (non-hydrogen) atoms. The Morgan fingerprint density at radius 2 is 1.82 bits per heavy atom. The largest absolute Gasteiger partial charge is 0.478 e. The molecule has 7 nitrogen and oxygen atoms in total. The molecule has 4 rings (SSSR count). The van der Waals surface area contributed by atoms with Gasteiger partial charge in [0.2, 0.25) is 0 Å². The smallest absolute Gasteiger partial charge is 0.337 e. The number of nitrogens with one attached hydrogen (secondary N) is 1. The molecule has 2 aliphatic rings. The van der Waals surface area contributed by atoms with Gasteiger partial charge in [-0.1, -0.05) is 17.7 Å². The maximum absolute atomic E-state index is 12.9. The van der Waals surface area contributed by atoms with Crippen molar-refractivity contribution < 1.29 is 18.3 Å². The van der Waals surface area contributed by atoms with E-state index < -0.39 is 16.0 Å². The van der Waals surface area contributed by atoms with Crippen LogP contribution in [0.25, 0.3) is 0 Å². The zero-order chi connectivity index (χ0) is 23.6. The van der Waals surface area contributed by atoms with Crippen LogP contribution in [0, 0.1) is 19.8 Å². The number of carboxylic acid groups (broad SMARTS) is 1. The van der Waals surface area contributed by atoms with Gasteiger partial charge in [0, 0.05) is 25.3 Å². The quantitative estimate of drug-likeness (QED) is 0.632. The molecule has 2 saturated heterocycles. The highest BCUT2D eigenvalue weighted by molar-refractivity contribution is 7.92. The molecule has 2 aliphatic heterocycles. The van der Waals surface area contributed by atoms with Gasteiger partial charge in [-0.05, 0) is 88.4 Å². The van der Waals surface area contributed by atoms with E-state index in [1.165, 1.54) is 18.9 Å². The predicted octanol–water partition coefficient (Wildman–Crippen LogP) is 4.11. The third-order valence-corrected chi connectivity index (χ3v) is 8.22. The van der Waals surface area contributed by atoms with E-state index in [2.05, 4.69) is 14.5 Å². The van der Waals surface area contributed by atoms with Crippen LogP contribution in [0.1, 0.15) is 47.2 Å². The second-order valence-corrected chi connectivity index (χ2v) is 11.0. The summed E-state index contributed by atoms with van der Waals surface area (Å²) in [6, 6.07) is 9.97. The molecular formula is C25H33N3O4S. The minimum absolute atomic E-state index is 0.123. The van der Waals surface area contributed by atoms with E-state index in [0.29, 0.717) is 17.2 Å². The number of benzene rings is 2. The fourth-order valence-electron chi connectivity index (χ4n) is 5.12. The highest BCUT2D eigenvalue weighted by atomic mass is 32.2. The molecule has 8 heteroatoms. The van der Waals surface area contributed by atoms with Crippen molar-refractivity contribution in [2.24, 2.45) is 5.92 Å². The van der Waals surface area contributed by atoms with Crippen LogP contribution in [0.3, 0.4) is 0 Å². The number of piperidine rings is 1. The van der Waals surface area contributed by atoms with E-state index in [-0.39, 0.29) is 16.1 Å². The van der Waals surface area contributed by atoms with Crippen molar-refractivity contribution in [2.75, 3.05) is 42.3 Å². The lowest BCUT2D eigenvalue weighted by molar-refractivity contribution is 0.0697. The zero-order valence-corrected chi connectivity index (χ0v) is 20.2. The molecule has 0 bridgehead atoms. The third kappa shape index (κ3) is 5.50. The molecule has 2 fully saturated rings. The molecule has 0 amide bonds. The number of carbonyl (C=O) groups is 1. The Kier molecular flexibility index (Phi) is 6.95. The van der Waals surface area contributed by atoms with E-state index in [9.17, 15) is 18.3 Å². The lowest BCUT2D eigenvalue weighted by atomic mass is 9.96. The number of aromatic carboxylic acids is 1. The van der Waals surface area contributed by atoms with Gasteiger partial charge in [0.05, 0.1) is 16.1 Å². The second kappa shape index (κ2) is 9.73. The van der Waals surface area contributed by atoms with Crippen molar-refractivity contribution in [3.8, 4) is 0 Å². The summed E-state index contributed by atoms with van der Waals surface area (Å²) in [7, 11) is -3.83. The molecule has 0 unspecified atom stereocenters. The highest BCUT2D eigenvalue weighted by Crippen LogP contribution is 2.31. The normalized spacial score (nSPS) is 19.6. The van der Waals surface area contributed by atoms with E-state index in [1.807, 2.05) is 13.0 Å². The molecule has 0 saturated carbocycles. The van der Waals surface area contributed by atoms with E-state index in [1.54, 1.807) is 31.2 Å². The first-order valence-electron chi connectivity index (χ1n) is 11.7. The predicted molar refractivity (Wildman–Crippen MR) is 131 cm³/mol. The summed E-state index contributed by atoms with van der Waals surface area (Å²) in [5.41, 5.74) is 2.66. The average molecular weight is 472 g/mol. The van der Waals surface area contributed by atoms with Gasteiger partial charge in [-0.3, -0.25) is 4.72 Å². The molecule has 2 aromatic rings. The second-order valence-electron chi connectivity index (χ2n) is 9.37.